The van der Waals surface area contributed by atoms with E-state index in [1.54, 1.807) is 38.5 Å². The summed E-state index contributed by atoms with van der Waals surface area (Å²) in [7, 11) is 3.23. The second kappa shape index (κ2) is 9.74. The molecule has 0 unspecified atom stereocenters. The van der Waals surface area contributed by atoms with Crippen LogP contribution in [0.2, 0.25) is 0 Å². The average molecular weight is 442 g/mol. The van der Waals surface area contributed by atoms with Crippen LogP contribution in [0, 0.1) is 0 Å². The van der Waals surface area contributed by atoms with E-state index in [0.717, 1.165) is 22.6 Å². The van der Waals surface area contributed by atoms with Gasteiger partial charge in [-0.15, -0.1) is 0 Å². The molecule has 5 nitrogen and oxygen atoms in total. The number of carbonyl (C=O) groups is 2. The van der Waals surface area contributed by atoms with Crippen molar-refractivity contribution in [2.45, 2.75) is 24.7 Å². The average Bonchev–Trinajstić information content (AvgIpc) is 3.13. The van der Waals surface area contributed by atoms with Gasteiger partial charge in [0.2, 0.25) is 5.91 Å². The van der Waals surface area contributed by atoms with Crippen molar-refractivity contribution in [1.29, 1.82) is 0 Å². The van der Waals surface area contributed by atoms with Crippen molar-refractivity contribution in [2.75, 3.05) is 19.5 Å². The van der Waals surface area contributed by atoms with Gasteiger partial charge in [0.25, 0.3) is 0 Å². The highest BCUT2D eigenvalue weighted by molar-refractivity contribution is 6.06. The summed E-state index contributed by atoms with van der Waals surface area (Å²) >= 11 is 0. The maximum absolute atomic E-state index is 13.2. The molecule has 168 valence electrons. The highest BCUT2D eigenvalue weighted by atomic mass is 16.5. The summed E-state index contributed by atoms with van der Waals surface area (Å²) in [5.41, 5.74) is 2.78. The number of fused-ring (bicyclic) bond motifs is 1. The van der Waals surface area contributed by atoms with Crippen molar-refractivity contribution in [3.05, 3.63) is 102 Å². The van der Waals surface area contributed by atoms with E-state index < -0.39 is 5.41 Å². The van der Waals surface area contributed by atoms with Crippen LogP contribution in [0.15, 0.2) is 84.9 Å². The normalized spacial score (nSPS) is 17.0. The van der Waals surface area contributed by atoms with E-state index in [9.17, 15) is 9.59 Å². The Kier molecular flexibility index (Phi) is 6.59. The molecule has 5 heteroatoms. The van der Waals surface area contributed by atoms with E-state index in [1.807, 2.05) is 60.7 Å². The first-order valence-corrected chi connectivity index (χ1v) is 10.9. The third-order valence-corrected chi connectivity index (χ3v) is 6.14. The molecule has 0 spiro atoms. The number of amides is 1. The molecule has 1 aliphatic rings. The van der Waals surface area contributed by atoms with Gasteiger partial charge in [-0.1, -0.05) is 42.5 Å². The SMILES string of the molecule is COc1ccc(C[C@]2(C/C=C\CC(=O)c3ccc(OC)cc3)C(=O)Nc3ccccc32)cc1. The van der Waals surface area contributed by atoms with E-state index in [-0.39, 0.29) is 18.1 Å². The smallest absolute Gasteiger partial charge is 0.235 e. The van der Waals surface area contributed by atoms with Crippen molar-refractivity contribution in [1.82, 2.24) is 0 Å². The molecule has 0 saturated carbocycles. The number of Topliss-reactive ketones (excluding diaryl/α,β-unsaturated/α-hetero) is 1. The zero-order valence-electron chi connectivity index (χ0n) is 18.8. The Bertz CT molecular complexity index is 1170. The summed E-state index contributed by atoms with van der Waals surface area (Å²) in [6, 6.07) is 22.7. The lowest BCUT2D eigenvalue weighted by Gasteiger charge is -2.26. The number of anilines is 1. The molecule has 33 heavy (non-hydrogen) atoms. The first-order valence-electron chi connectivity index (χ1n) is 10.9. The summed E-state index contributed by atoms with van der Waals surface area (Å²) in [5, 5.41) is 3.04. The van der Waals surface area contributed by atoms with Crippen molar-refractivity contribution < 1.29 is 19.1 Å². The fourth-order valence-electron chi connectivity index (χ4n) is 4.29. The van der Waals surface area contributed by atoms with Crippen LogP contribution in [0.25, 0.3) is 0 Å². The van der Waals surface area contributed by atoms with Gasteiger partial charge in [0, 0.05) is 17.7 Å². The van der Waals surface area contributed by atoms with E-state index in [2.05, 4.69) is 5.32 Å². The van der Waals surface area contributed by atoms with E-state index in [1.165, 1.54) is 0 Å². The Labute approximate surface area is 194 Å². The van der Waals surface area contributed by atoms with Gasteiger partial charge in [-0.3, -0.25) is 9.59 Å². The van der Waals surface area contributed by atoms with Crippen molar-refractivity contribution >= 4 is 17.4 Å². The molecule has 0 aromatic heterocycles. The minimum atomic E-state index is -0.731. The monoisotopic (exact) mass is 441 g/mol. The molecular formula is C28H27NO4. The summed E-state index contributed by atoms with van der Waals surface area (Å²) in [5.74, 6) is 1.49. The zero-order chi connectivity index (χ0) is 23.3. The first-order chi connectivity index (χ1) is 16.1. The van der Waals surface area contributed by atoms with Crippen LogP contribution in [-0.2, 0) is 16.6 Å². The largest absolute Gasteiger partial charge is 0.497 e. The van der Waals surface area contributed by atoms with E-state index in [0.29, 0.717) is 24.2 Å². The van der Waals surface area contributed by atoms with Crippen LogP contribution in [0.5, 0.6) is 11.5 Å². The molecule has 0 saturated heterocycles. The van der Waals surface area contributed by atoms with Gasteiger partial charge >= 0.3 is 0 Å². The van der Waals surface area contributed by atoms with Gasteiger partial charge in [0.05, 0.1) is 19.6 Å². The molecule has 1 aliphatic heterocycles. The number of methoxy groups -OCH3 is 2. The maximum Gasteiger partial charge on any atom is 0.235 e. The molecule has 1 heterocycles. The van der Waals surface area contributed by atoms with Crippen LogP contribution in [-0.4, -0.2) is 25.9 Å². The van der Waals surface area contributed by atoms with Gasteiger partial charge in [0.1, 0.15) is 11.5 Å². The predicted molar refractivity (Wildman–Crippen MR) is 129 cm³/mol. The summed E-state index contributed by atoms with van der Waals surface area (Å²) in [6.45, 7) is 0. The lowest BCUT2D eigenvalue weighted by Crippen LogP contribution is -2.36. The third-order valence-electron chi connectivity index (χ3n) is 6.14. The lowest BCUT2D eigenvalue weighted by molar-refractivity contribution is -0.120. The Balaban J connectivity index is 1.54. The number of hydrogen-bond acceptors (Lipinski definition) is 4. The van der Waals surface area contributed by atoms with Crippen molar-refractivity contribution in [3.63, 3.8) is 0 Å². The van der Waals surface area contributed by atoms with Crippen molar-refractivity contribution in [2.24, 2.45) is 0 Å². The van der Waals surface area contributed by atoms with Gasteiger partial charge < -0.3 is 14.8 Å². The minimum Gasteiger partial charge on any atom is -0.497 e. The topological polar surface area (TPSA) is 64.6 Å². The fourth-order valence-corrected chi connectivity index (χ4v) is 4.29. The van der Waals surface area contributed by atoms with Crippen LogP contribution in [0.4, 0.5) is 5.69 Å². The molecular weight excluding hydrogens is 414 g/mol. The van der Waals surface area contributed by atoms with Gasteiger partial charge in [-0.2, -0.15) is 0 Å². The summed E-state index contributed by atoms with van der Waals surface area (Å²) in [6.07, 6.45) is 5.13. The number of carbonyl (C=O) groups excluding carboxylic acids is 2. The standard InChI is InChI=1S/C28H27NO4/c1-32-22-14-10-20(11-15-22)19-28(24-7-3-4-8-25(24)29-27(28)31)18-6-5-9-26(30)21-12-16-23(33-2)17-13-21/h3-8,10-17H,9,18-19H2,1-2H3,(H,29,31)/b6-5-/t28-/m0/s1. The Morgan fingerprint density at radius 3 is 2.18 bits per heavy atom. The number of hydrogen-bond donors (Lipinski definition) is 1. The zero-order valence-corrected chi connectivity index (χ0v) is 18.8. The van der Waals surface area contributed by atoms with E-state index >= 15 is 0 Å². The number of para-hydroxylation sites is 1. The van der Waals surface area contributed by atoms with Crippen LogP contribution in [0.3, 0.4) is 0 Å². The molecule has 1 atom stereocenters. The number of ether oxygens (including phenoxy) is 2. The number of allylic oxidation sites excluding steroid dienone is 2. The molecule has 0 fully saturated rings. The lowest BCUT2D eigenvalue weighted by atomic mass is 9.74. The second-order valence-electron chi connectivity index (χ2n) is 8.14. The highest BCUT2D eigenvalue weighted by Gasteiger charge is 2.45. The third kappa shape index (κ3) is 4.67. The molecule has 0 bridgehead atoms. The maximum atomic E-state index is 13.2. The Hall–Kier alpha value is -3.86. The van der Waals surface area contributed by atoms with Gasteiger partial charge in [-0.05, 0) is 66.4 Å². The van der Waals surface area contributed by atoms with Gasteiger partial charge in [0.15, 0.2) is 5.78 Å². The van der Waals surface area contributed by atoms with Crippen molar-refractivity contribution in [3.8, 4) is 11.5 Å². The van der Waals surface area contributed by atoms with E-state index in [4.69, 9.17) is 9.47 Å². The molecule has 3 aromatic rings. The number of ketones is 1. The number of nitrogens with one attached hydrogen (secondary N) is 1. The second-order valence-corrected chi connectivity index (χ2v) is 8.14. The fraction of sp³-hybridized carbons (Fsp3) is 0.214. The molecule has 3 aromatic carbocycles. The minimum absolute atomic E-state index is 0.0225. The molecule has 1 amide bonds. The quantitative estimate of drug-likeness (QED) is 0.359. The molecule has 0 radical (unpaired) electrons. The Morgan fingerprint density at radius 1 is 0.879 bits per heavy atom. The summed E-state index contributed by atoms with van der Waals surface area (Å²) in [4.78, 5) is 25.8. The molecule has 1 N–H and O–H groups in total. The molecule has 4 rings (SSSR count). The van der Waals surface area contributed by atoms with Crippen LogP contribution < -0.4 is 14.8 Å². The Morgan fingerprint density at radius 2 is 1.52 bits per heavy atom. The van der Waals surface area contributed by atoms with Crippen LogP contribution in [0.1, 0.15) is 34.3 Å². The highest BCUT2D eigenvalue weighted by Crippen LogP contribution is 2.43. The number of benzene rings is 3. The van der Waals surface area contributed by atoms with Crippen LogP contribution >= 0.6 is 0 Å². The number of rotatable bonds is 9. The predicted octanol–water partition coefficient (Wildman–Crippen LogP) is 5.36. The van der Waals surface area contributed by atoms with Gasteiger partial charge in [-0.25, -0.2) is 0 Å². The first kappa shape index (κ1) is 22.3. The summed E-state index contributed by atoms with van der Waals surface area (Å²) < 4.78 is 10.4. The molecule has 0 aliphatic carbocycles.